The van der Waals surface area contributed by atoms with Gasteiger partial charge in [0.05, 0.1) is 28.2 Å². The van der Waals surface area contributed by atoms with Gasteiger partial charge in [-0.3, -0.25) is 4.79 Å². The molecule has 2 aromatic rings. The van der Waals surface area contributed by atoms with Crippen LogP contribution in [0.25, 0.3) is 0 Å². The third kappa shape index (κ3) is 5.20. The first-order valence-electron chi connectivity index (χ1n) is 8.20. The Balaban J connectivity index is 2.41. The maximum absolute atomic E-state index is 13.7. The van der Waals surface area contributed by atoms with E-state index in [2.05, 4.69) is 32.8 Å². The maximum Gasteiger partial charge on any atom is 0.253 e. The highest BCUT2D eigenvalue weighted by Crippen LogP contribution is 2.30. The van der Waals surface area contributed by atoms with Crippen LogP contribution in [0.3, 0.4) is 0 Å². The first-order valence-corrected chi connectivity index (χ1v) is 8.58. The van der Waals surface area contributed by atoms with Crippen LogP contribution in [0.2, 0.25) is 5.02 Å². The molecule has 1 heterocycles. The minimum Gasteiger partial charge on any atom is -0.375 e. The summed E-state index contributed by atoms with van der Waals surface area (Å²) in [6.45, 7) is 5.65. The molecule has 0 unspecified atom stereocenters. The highest BCUT2D eigenvalue weighted by Gasteiger charge is 2.16. The summed E-state index contributed by atoms with van der Waals surface area (Å²) in [5.41, 5.74) is 1.16. The minimum atomic E-state index is -1.13. The molecular weight excluding hydrogens is 388 g/mol. The van der Waals surface area contributed by atoms with Crippen molar-refractivity contribution in [1.29, 1.82) is 0 Å². The smallest absolute Gasteiger partial charge is 0.253 e. The molecule has 148 valence electrons. The SMILES string of the molecule is C=C(C)/C=C(\NC)Nc1cc(Nc2cc(F)c(F)cc2C(=O)NC)c(Cl)cn1. The van der Waals surface area contributed by atoms with Gasteiger partial charge in [0, 0.05) is 26.2 Å². The fraction of sp³-hybridized carbons (Fsp3) is 0.158. The van der Waals surface area contributed by atoms with Crippen molar-refractivity contribution in [2.24, 2.45) is 0 Å². The van der Waals surface area contributed by atoms with E-state index < -0.39 is 17.5 Å². The molecule has 0 aliphatic heterocycles. The number of aromatic nitrogens is 1. The predicted octanol–water partition coefficient (Wildman–Crippen LogP) is 4.17. The zero-order valence-corrected chi connectivity index (χ0v) is 16.3. The number of nitrogens with zero attached hydrogens (tertiary/aromatic N) is 1. The minimum absolute atomic E-state index is 0.0589. The number of anilines is 3. The summed E-state index contributed by atoms with van der Waals surface area (Å²) in [5.74, 6) is -1.73. The number of hydrogen-bond donors (Lipinski definition) is 4. The van der Waals surface area contributed by atoms with Gasteiger partial charge in [0.15, 0.2) is 11.6 Å². The van der Waals surface area contributed by atoms with E-state index in [1.165, 1.54) is 13.2 Å². The first-order chi connectivity index (χ1) is 13.2. The molecule has 0 atom stereocenters. The lowest BCUT2D eigenvalue weighted by atomic mass is 10.1. The van der Waals surface area contributed by atoms with Gasteiger partial charge in [0.25, 0.3) is 5.91 Å². The quantitative estimate of drug-likeness (QED) is 0.518. The third-order valence-electron chi connectivity index (χ3n) is 3.58. The van der Waals surface area contributed by atoms with Crippen molar-refractivity contribution in [3.8, 4) is 0 Å². The standard InChI is InChI=1S/C19H20ClF2N5O/c1-10(2)5-17(23-3)27-18-8-16(12(20)9-25-18)26-15-7-14(22)13(21)6-11(15)19(28)24-4/h5-9,23H,1H2,2-4H3,(H,24,28)(H2,25,26,27)/b17-5+. The van der Waals surface area contributed by atoms with E-state index >= 15 is 0 Å². The highest BCUT2D eigenvalue weighted by molar-refractivity contribution is 6.33. The second kappa shape index (κ2) is 9.18. The van der Waals surface area contributed by atoms with E-state index in [1.54, 1.807) is 19.2 Å². The van der Waals surface area contributed by atoms with Gasteiger partial charge in [-0.15, -0.1) is 0 Å². The Morgan fingerprint density at radius 3 is 2.43 bits per heavy atom. The van der Waals surface area contributed by atoms with Crippen molar-refractivity contribution in [2.75, 3.05) is 24.7 Å². The van der Waals surface area contributed by atoms with Crippen molar-refractivity contribution in [1.82, 2.24) is 15.6 Å². The fourth-order valence-corrected chi connectivity index (χ4v) is 2.43. The zero-order chi connectivity index (χ0) is 20.8. The van der Waals surface area contributed by atoms with Gasteiger partial charge in [0.1, 0.15) is 11.6 Å². The molecule has 0 aliphatic carbocycles. The number of rotatable bonds is 7. The molecule has 0 bridgehead atoms. The fourth-order valence-electron chi connectivity index (χ4n) is 2.28. The Labute approximate surface area is 166 Å². The monoisotopic (exact) mass is 407 g/mol. The largest absolute Gasteiger partial charge is 0.375 e. The van der Waals surface area contributed by atoms with E-state index in [0.29, 0.717) is 17.3 Å². The van der Waals surface area contributed by atoms with Crippen LogP contribution in [0.1, 0.15) is 17.3 Å². The van der Waals surface area contributed by atoms with E-state index in [0.717, 1.165) is 17.7 Å². The summed E-state index contributed by atoms with van der Waals surface area (Å²) >= 11 is 6.17. The van der Waals surface area contributed by atoms with Gasteiger partial charge in [0.2, 0.25) is 0 Å². The van der Waals surface area contributed by atoms with Crippen LogP contribution < -0.4 is 21.3 Å². The Bertz CT molecular complexity index is 946. The molecule has 1 amide bonds. The van der Waals surface area contributed by atoms with Gasteiger partial charge in [-0.2, -0.15) is 0 Å². The molecule has 0 radical (unpaired) electrons. The first kappa shape index (κ1) is 21.2. The molecule has 1 aromatic carbocycles. The second-order valence-electron chi connectivity index (χ2n) is 5.84. The van der Waals surface area contributed by atoms with Crippen molar-refractivity contribution in [3.63, 3.8) is 0 Å². The molecule has 1 aromatic heterocycles. The molecule has 9 heteroatoms. The molecular formula is C19H20ClF2N5O. The van der Waals surface area contributed by atoms with Crippen LogP contribution in [-0.4, -0.2) is 25.0 Å². The maximum atomic E-state index is 13.7. The average molecular weight is 408 g/mol. The van der Waals surface area contributed by atoms with Crippen molar-refractivity contribution in [3.05, 3.63) is 70.7 Å². The lowest BCUT2D eigenvalue weighted by molar-refractivity contribution is 0.0963. The molecule has 6 nitrogen and oxygen atoms in total. The lowest BCUT2D eigenvalue weighted by Crippen LogP contribution is -2.20. The van der Waals surface area contributed by atoms with Crippen LogP contribution in [0, 0.1) is 11.6 Å². The van der Waals surface area contributed by atoms with Gasteiger partial charge in [-0.05, 0) is 19.1 Å². The lowest BCUT2D eigenvalue weighted by Gasteiger charge is -2.15. The summed E-state index contributed by atoms with van der Waals surface area (Å²) in [4.78, 5) is 16.2. The van der Waals surface area contributed by atoms with Gasteiger partial charge >= 0.3 is 0 Å². The molecule has 4 N–H and O–H groups in total. The van der Waals surface area contributed by atoms with Crippen LogP contribution in [-0.2, 0) is 0 Å². The number of carbonyl (C=O) groups is 1. The summed E-state index contributed by atoms with van der Waals surface area (Å²) in [6.07, 6.45) is 3.17. The molecule has 2 rings (SSSR count). The van der Waals surface area contributed by atoms with E-state index in [1.807, 2.05) is 6.92 Å². The Morgan fingerprint density at radius 1 is 1.14 bits per heavy atom. The molecule has 0 saturated carbocycles. The van der Waals surface area contributed by atoms with E-state index in [-0.39, 0.29) is 16.3 Å². The molecule has 0 spiro atoms. The molecule has 0 aliphatic rings. The number of carbonyl (C=O) groups excluding carboxylic acids is 1. The van der Waals surface area contributed by atoms with Crippen molar-refractivity contribution < 1.29 is 13.6 Å². The average Bonchev–Trinajstić information content (AvgIpc) is 2.65. The van der Waals surface area contributed by atoms with E-state index in [4.69, 9.17) is 11.6 Å². The number of halogens is 3. The number of benzene rings is 1. The highest BCUT2D eigenvalue weighted by atomic mass is 35.5. The topological polar surface area (TPSA) is 78.1 Å². The van der Waals surface area contributed by atoms with Gasteiger partial charge in [-0.25, -0.2) is 13.8 Å². The van der Waals surface area contributed by atoms with E-state index in [9.17, 15) is 13.6 Å². The summed E-state index contributed by atoms with van der Waals surface area (Å²) in [5, 5.41) is 11.5. The zero-order valence-electron chi connectivity index (χ0n) is 15.6. The summed E-state index contributed by atoms with van der Waals surface area (Å²) in [7, 11) is 3.12. The van der Waals surface area contributed by atoms with Crippen molar-refractivity contribution in [2.45, 2.75) is 6.92 Å². The van der Waals surface area contributed by atoms with Crippen LogP contribution in [0.15, 0.2) is 48.4 Å². The number of pyridine rings is 1. The van der Waals surface area contributed by atoms with Crippen LogP contribution in [0.4, 0.5) is 26.0 Å². The Kier molecular flexibility index (Phi) is 6.94. The number of amides is 1. The number of nitrogens with one attached hydrogen (secondary N) is 4. The number of allylic oxidation sites excluding steroid dienone is 2. The molecule has 0 fully saturated rings. The van der Waals surface area contributed by atoms with Crippen molar-refractivity contribution >= 4 is 34.7 Å². The van der Waals surface area contributed by atoms with Crippen LogP contribution >= 0.6 is 11.6 Å². The Hall–Kier alpha value is -3.13. The van der Waals surface area contributed by atoms with Crippen LogP contribution in [0.5, 0.6) is 0 Å². The summed E-state index contributed by atoms with van der Waals surface area (Å²) < 4.78 is 27.3. The Morgan fingerprint density at radius 2 is 1.82 bits per heavy atom. The third-order valence-corrected chi connectivity index (χ3v) is 3.88. The predicted molar refractivity (Wildman–Crippen MR) is 108 cm³/mol. The summed E-state index contributed by atoms with van der Waals surface area (Å²) in [6, 6.07) is 3.28. The molecule has 0 saturated heterocycles. The second-order valence-corrected chi connectivity index (χ2v) is 6.25. The van der Waals surface area contributed by atoms with Gasteiger partial charge in [-0.1, -0.05) is 23.8 Å². The van der Waals surface area contributed by atoms with Gasteiger partial charge < -0.3 is 21.3 Å². The number of hydrogen-bond acceptors (Lipinski definition) is 5. The normalized spacial score (nSPS) is 11.0. The molecule has 28 heavy (non-hydrogen) atoms.